The molecule has 6 nitrogen and oxygen atoms in total. The summed E-state index contributed by atoms with van der Waals surface area (Å²) in [4.78, 5) is 24.2. The zero-order chi connectivity index (χ0) is 12.0. The molecular formula is C10H19N3O3. The van der Waals surface area contributed by atoms with E-state index in [4.69, 9.17) is 0 Å². The largest absolute Gasteiger partial charge is 0.469 e. The summed E-state index contributed by atoms with van der Waals surface area (Å²) in [6.07, 6.45) is 0.212. The number of carbonyl (C=O) groups excluding carboxylic acids is 2. The quantitative estimate of drug-likeness (QED) is 0.643. The fraction of sp³-hybridized carbons (Fsp3) is 0.800. The predicted octanol–water partition coefficient (Wildman–Crippen LogP) is -0.447. The van der Waals surface area contributed by atoms with Crippen LogP contribution in [-0.4, -0.2) is 56.2 Å². The average molecular weight is 229 g/mol. The van der Waals surface area contributed by atoms with Gasteiger partial charge in [0.15, 0.2) is 0 Å². The number of nitrogens with zero attached hydrogens (tertiary/aromatic N) is 1. The first kappa shape index (κ1) is 12.8. The molecule has 1 rings (SSSR count). The molecule has 1 atom stereocenters. The van der Waals surface area contributed by atoms with E-state index in [1.54, 1.807) is 4.90 Å². The van der Waals surface area contributed by atoms with E-state index in [1.165, 1.54) is 7.11 Å². The molecule has 0 saturated carbocycles. The lowest BCUT2D eigenvalue weighted by Crippen LogP contribution is -2.54. The van der Waals surface area contributed by atoms with Crippen LogP contribution in [0.2, 0.25) is 0 Å². The molecule has 6 heteroatoms. The molecule has 92 valence electrons. The molecule has 1 fully saturated rings. The highest BCUT2D eigenvalue weighted by atomic mass is 16.5. The molecule has 0 bridgehead atoms. The Labute approximate surface area is 95.3 Å². The van der Waals surface area contributed by atoms with Crippen LogP contribution in [0.3, 0.4) is 0 Å². The fourth-order valence-electron chi connectivity index (χ4n) is 1.60. The molecule has 1 saturated heterocycles. The predicted molar refractivity (Wildman–Crippen MR) is 59.1 cm³/mol. The summed E-state index contributed by atoms with van der Waals surface area (Å²) in [5.74, 6) is -0.311. The number of piperazine rings is 1. The Bertz CT molecular complexity index is 258. The van der Waals surface area contributed by atoms with Gasteiger partial charge in [-0.25, -0.2) is 4.79 Å². The third kappa shape index (κ3) is 4.06. The SMILES string of the molecule is COC(=O)CCNC(=O)N1CCN[C@@H](C)C1. The summed E-state index contributed by atoms with van der Waals surface area (Å²) >= 11 is 0. The Morgan fingerprint density at radius 3 is 2.94 bits per heavy atom. The van der Waals surface area contributed by atoms with E-state index in [-0.39, 0.29) is 18.4 Å². The number of carbonyl (C=O) groups is 2. The number of rotatable bonds is 3. The monoisotopic (exact) mass is 229 g/mol. The lowest BCUT2D eigenvalue weighted by Gasteiger charge is -2.31. The molecule has 0 aromatic heterocycles. The minimum Gasteiger partial charge on any atom is -0.469 e. The van der Waals surface area contributed by atoms with Crippen molar-refractivity contribution >= 4 is 12.0 Å². The van der Waals surface area contributed by atoms with Crippen LogP contribution in [0.25, 0.3) is 0 Å². The van der Waals surface area contributed by atoms with Crippen molar-refractivity contribution in [2.24, 2.45) is 0 Å². The summed E-state index contributed by atoms with van der Waals surface area (Å²) in [6, 6.07) is 0.206. The number of hydrogen-bond donors (Lipinski definition) is 2. The summed E-state index contributed by atoms with van der Waals surface area (Å²) < 4.78 is 4.48. The van der Waals surface area contributed by atoms with Crippen LogP contribution in [0.4, 0.5) is 4.79 Å². The van der Waals surface area contributed by atoms with Gasteiger partial charge >= 0.3 is 12.0 Å². The Kier molecular flexibility index (Phi) is 5.04. The van der Waals surface area contributed by atoms with Crippen molar-refractivity contribution in [3.05, 3.63) is 0 Å². The van der Waals surface area contributed by atoms with Gasteiger partial charge in [-0.1, -0.05) is 0 Å². The Hall–Kier alpha value is -1.30. The van der Waals surface area contributed by atoms with Crippen LogP contribution in [-0.2, 0) is 9.53 Å². The Morgan fingerprint density at radius 2 is 2.31 bits per heavy atom. The summed E-state index contributed by atoms with van der Waals surface area (Å²) in [5, 5.41) is 5.95. The van der Waals surface area contributed by atoms with Crippen molar-refractivity contribution in [2.45, 2.75) is 19.4 Å². The smallest absolute Gasteiger partial charge is 0.317 e. The van der Waals surface area contributed by atoms with E-state index in [2.05, 4.69) is 15.4 Å². The average Bonchev–Trinajstić information content (AvgIpc) is 2.28. The van der Waals surface area contributed by atoms with Gasteiger partial charge in [-0.2, -0.15) is 0 Å². The van der Waals surface area contributed by atoms with Gasteiger partial charge in [0, 0.05) is 32.2 Å². The van der Waals surface area contributed by atoms with Gasteiger partial charge in [0.25, 0.3) is 0 Å². The zero-order valence-corrected chi connectivity index (χ0v) is 9.78. The molecule has 2 N–H and O–H groups in total. The highest BCUT2D eigenvalue weighted by molar-refractivity contribution is 5.75. The standard InChI is InChI=1S/C10H19N3O3/c1-8-7-13(6-5-11-8)10(15)12-4-3-9(14)16-2/h8,11H,3-7H2,1-2H3,(H,12,15)/t8-/m0/s1. The maximum absolute atomic E-state index is 11.6. The second kappa shape index (κ2) is 6.32. The molecule has 1 aliphatic rings. The van der Waals surface area contributed by atoms with E-state index in [0.717, 1.165) is 6.54 Å². The molecule has 0 aromatic rings. The molecule has 0 aromatic carbocycles. The molecule has 0 radical (unpaired) electrons. The lowest BCUT2D eigenvalue weighted by atomic mass is 10.2. The van der Waals surface area contributed by atoms with Gasteiger partial charge in [-0.3, -0.25) is 4.79 Å². The van der Waals surface area contributed by atoms with Gasteiger partial charge < -0.3 is 20.3 Å². The molecule has 0 spiro atoms. The number of methoxy groups -OCH3 is 1. The van der Waals surface area contributed by atoms with E-state index >= 15 is 0 Å². The number of hydrogen-bond acceptors (Lipinski definition) is 4. The van der Waals surface area contributed by atoms with Crippen LogP contribution < -0.4 is 10.6 Å². The normalized spacial score (nSPS) is 20.4. The first-order valence-electron chi connectivity index (χ1n) is 5.46. The summed E-state index contributed by atoms with van der Waals surface area (Å²) in [6.45, 7) is 4.57. The molecule has 1 heterocycles. The lowest BCUT2D eigenvalue weighted by molar-refractivity contribution is -0.140. The number of ether oxygens (including phenoxy) is 1. The Morgan fingerprint density at radius 1 is 1.56 bits per heavy atom. The van der Waals surface area contributed by atoms with Crippen molar-refractivity contribution in [3.63, 3.8) is 0 Å². The third-order valence-electron chi connectivity index (χ3n) is 2.49. The van der Waals surface area contributed by atoms with Crippen molar-refractivity contribution in [1.82, 2.24) is 15.5 Å². The van der Waals surface area contributed by atoms with Crippen LogP contribution in [0, 0.1) is 0 Å². The van der Waals surface area contributed by atoms with Gasteiger partial charge in [-0.15, -0.1) is 0 Å². The number of urea groups is 1. The second-order valence-corrected chi connectivity index (χ2v) is 3.86. The first-order valence-corrected chi connectivity index (χ1v) is 5.46. The fourth-order valence-corrected chi connectivity index (χ4v) is 1.60. The van der Waals surface area contributed by atoms with Crippen LogP contribution in [0.5, 0.6) is 0 Å². The number of amides is 2. The second-order valence-electron chi connectivity index (χ2n) is 3.86. The van der Waals surface area contributed by atoms with Crippen molar-refractivity contribution in [3.8, 4) is 0 Å². The van der Waals surface area contributed by atoms with E-state index in [0.29, 0.717) is 25.7 Å². The maximum Gasteiger partial charge on any atom is 0.317 e. The molecule has 0 unspecified atom stereocenters. The molecule has 2 amide bonds. The van der Waals surface area contributed by atoms with Crippen LogP contribution >= 0.6 is 0 Å². The number of nitrogens with one attached hydrogen (secondary N) is 2. The zero-order valence-electron chi connectivity index (χ0n) is 9.78. The minimum absolute atomic E-state index is 0.114. The molecule has 0 aliphatic carbocycles. The molecular weight excluding hydrogens is 210 g/mol. The third-order valence-corrected chi connectivity index (χ3v) is 2.49. The van der Waals surface area contributed by atoms with Crippen LogP contribution in [0.15, 0.2) is 0 Å². The number of esters is 1. The summed E-state index contributed by atoms with van der Waals surface area (Å²) in [7, 11) is 1.34. The van der Waals surface area contributed by atoms with Crippen molar-refractivity contribution in [2.75, 3.05) is 33.3 Å². The van der Waals surface area contributed by atoms with E-state index in [9.17, 15) is 9.59 Å². The Balaban J connectivity index is 2.21. The highest BCUT2D eigenvalue weighted by Gasteiger charge is 2.19. The van der Waals surface area contributed by atoms with E-state index in [1.807, 2.05) is 6.92 Å². The van der Waals surface area contributed by atoms with Gasteiger partial charge in [0.2, 0.25) is 0 Å². The van der Waals surface area contributed by atoms with E-state index < -0.39 is 0 Å². The van der Waals surface area contributed by atoms with Crippen LogP contribution in [0.1, 0.15) is 13.3 Å². The van der Waals surface area contributed by atoms with Crippen molar-refractivity contribution in [1.29, 1.82) is 0 Å². The highest BCUT2D eigenvalue weighted by Crippen LogP contribution is 1.98. The summed E-state index contributed by atoms with van der Waals surface area (Å²) in [5.41, 5.74) is 0. The maximum atomic E-state index is 11.6. The molecule has 16 heavy (non-hydrogen) atoms. The van der Waals surface area contributed by atoms with Gasteiger partial charge in [-0.05, 0) is 6.92 Å². The first-order chi connectivity index (χ1) is 7.63. The van der Waals surface area contributed by atoms with Gasteiger partial charge in [0.1, 0.15) is 0 Å². The minimum atomic E-state index is -0.311. The topological polar surface area (TPSA) is 70.7 Å². The van der Waals surface area contributed by atoms with Crippen molar-refractivity contribution < 1.29 is 14.3 Å². The molecule has 1 aliphatic heterocycles. The van der Waals surface area contributed by atoms with Gasteiger partial charge in [0.05, 0.1) is 13.5 Å².